The van der Waals surface area contributed by atoms with E-state index in [0.29, 0.717) is 25.7 Å². The normalized spacial score (nSPS) is 32.4. The lowest BCUT2D eigenvalue weighted by atomic mass is 9.50. The van der Waals surface area contributed by atoms with Crippen molar-refractivity contribution in [3.63, 3.8) is 0 Å². The molecule has 0 spiro atoms. The van der Waals surface area contributed by atoms with Crippen LogP contribution in [0, 0.1) is 17.3 Å². The number of aliphatic hydroxyl groups is 1. The molecule has 2 saturated carbocycles. The molecule has 6 rings (SSSR count). The fraction of sp³-hybridized carbons (Fsp3) is 0.469. The van der Waals surface area contributed by atoms with Crippen molar-refractivity contribution in [2.24, 2.45) is 17.3 Å². The molecule has 4 aliphatic rings. The number of ketones is 1. The molecule has 212 valence electrons. The average Bonchev–Trinajstić information content (AvgIpc) is 3.19. The van der Waals surface area contributed by atoms with E-state index < -0.39 is 41.4 Å². The summed E-state index contributed by atoms with van der Waals surface area (Å²) in [5, 5.41) is 11.4. The molecule has 0 aliphatic heterocycles. The van der Waals surface area contributed by atoms with Crippen molar-refractivity contribution >= 4 is 18.4 Å². The second kappa shape index (κ2) is 9.28. The van der Waals surface area contributed by atoms with Crippen molar-refractivity contribution < 1.29 is 31.9 Å². The summed E-state index contributed by atoms with van der Waals surface area (Å²) in [7, 11) is 0. The SMILES string of the molecule is C[C@]12C[C@H](c3ccc(-c4ccc(S)cc4)cc3)C3=C4CCC(=O)C=C4CC[C@H]3[C@@H]1CC[C@@]2(O)C(F)(F)C(F)(F)F. The summed E-state index contributed by atoms with van der Waals surface area (Å²) in [6.07, 6.45) is -2.64. The number of hydrogen-bond donors (Lipinski definition) is 2. The third kappa shape index (κ3) is 3.96. The van der Waals surface area contributed by atoms with Gasteiger partial charge in [0.1, 0.15) is 5.60 Å². The fourth-order valence-electron chi connectivity index (χ4n) is 8.28. The third-order valence-electron chi connectivity index (χ3n) is 10.3. The van der Waals surface area contributed by atoms with Gasteiger partial charge in [0.25, 0.3) is 0 Å². The molecule has 0 heterocycles. The first-order valence-electron chi connectivity index (χ1n) is 13.8. The van der Waals surface area contributed by atoms with Gasteiger partial charge >= 0.3 is 12.1 Å². The van der Waals surface area contributed by atoms with Crippen molar-refractivity contribution in [1.29, 1.82) is 0 Å². The number of carbonyl (C=O) groups excluding carboxylic acids is 1. The van der Waals surface area contributed by atoms with Gasteiger partial charge in [0.05, 0.1) is 0 Å². The van der Waals surface area contributed by atoms with Crippen LogP contribution in [0.4, 0.5) is 22.0 Å². The van der Waals surface area contributed by atoms with Gasteiger partial charge < -0.3 is 5.11 Å². The van der Waals surface area contributed by atoms with Crippen molar-refractivity contribution in [3.8, 4) is 11.1 Å². The minimum Gasteiger partial charge on any atom is -0.383 e. The zero-order valence-corrected chi connectivity index (χ0v) is 23.0. The number of hydrogen-bond acceptors (Lipinski definition) is 3. The number of thiol groups is 1. The van der Waals surface area contributed by atoms with Crippen LogP contribution in [-0.2, 0) is 4.79 Å². The topological polar surface area (TPSA) is 37.3 Å². The zero-order valence-electron chi connectivity index (χ0n) is 22.1. The zero-order chi connectivity index (χ0) is 28.7. The molecule has 0 aromatic heterocycles. The second-order valence-corrected chi connectivity index (χ2v) is 12.7. The van der Waals surface area contributed by atoms with E-state index in [1.54, 1.807) is 6.08 Å². The van der Waals surface area contributed by atoms with Gasteiger partial charge in [-0.1, -0.05) is 48.9 Å². The highest BCUT2D eigenvalue weighted by Crippen LogP contribution is 2.70. The molecular formula is C32H31F5O2S. The van der Waals surface area contributed by atoms with Gasteiger partial charge in [-0.05, 0) is 96.4 Å². The Morgan fingerprint density at radius 2 is 1.52 bits per heavy atom. The average molecular weight is 575 g/mol. The number of fused-ring (bicyclic) bond motifs is 4. The van der Waals surface area contributed by atoms with E-state index in [9.17, 15) is 23.1 Å². The number of alkyl halides is 5. The van der Waals surface area contributed by atoms with Crippen LogP contribution in [0.1, 0.15) is 63.4 Å². The molecule has 2 aromatic carbocycles. The number of halogens is 5. The number of benzene rings is 2. The summed E-state index contributed by atoms with van der Waals surface area (Å²) < 4.78 is 71.5. The van der Waals surface area contributed by atoms with Crippen LogP contribution >= 0.6 is 12.6 Å². The number of allylic oxidation sites excluding steroid dienone is 4. The maximum Gasteiger partial charge on any atom is 0.456 e. The first kappa shape index (κ1) is 27.7. The molecular weight excluding hydrogens is 543 g/mol. The van der Waals surface area contributed by atoms with Crippen LogP contribution < -0.4 is 0 Å². The Hall–Kier alpha value is -2.45. The van der Waals surface area contributed by atoms with Crippen LogP contribution in [-0.4, -0.2) is 28.6 Å². The highest BCUT2D eigenvalue weighted by atomic mass is 32.1. The molecule has 5 atom stereocenters. The van der Waals surface area contributed by atoms with Crippen LogP contribution in [0.5, 0.6) is 0 Å². The quantitative estimate of drug-likeness (QED) is 0.285. The summed E-state index contributed by atoms with van der Waals surface area (Å²) >= 11 is 4.33. The first-order chi connectivity index (χ1) is 18.8. The summed E-state index contributed by atoms with van der Waals surface area (Å²) in [6.45, 7) is 1.45. The summed E-state index contributed by atoms with van der Waals surface area (Å²) in [5.74, 6) is -6.36. The summed E-state index contributed by atoms with van der Waals surface area (Å²) in [5.41, 5.74) is 0.984. The molecule has 4 aliphatic carbocycles. The van der Waals surface area contributed by atoms with E-state index in [0.717, 1.165) is 38.3 Å². The molecule has 2 nitrogen and oxygen atoms in total. The fourth-order valence-corrected chi connectivity index (χ4v) is 8.43. The molecule has 0 radical (unpaired) electrons. The van der Waals surface area contributed by atoms with Crippen molar-refractivity contribution in [1.82, 2.24) is 0 Å². The second-order valence-electron chi connectivity index (χ2n) is 12.1. The van der Waals surface area contributed by atoms with E-state index in [1.807, 2.05) is 48.5 Å². The van der Waals surface area contributed by atoms with Gasteiger partial charge in [0.15, 0.2) is 5.78 Å². The molecule has 0 unspecified atom stereocenters. The Morgan fingerprint density at radius 3 is 2.15 bits per heavy atom. The Balaban J connectivity index is 1.48. The van der Waals surface area contributed by atoms with Crippen molar-refractivity contribution in [3.05, 3.63) is 76.9 Å². The van der Waals surface area contributed by atoms with Crippen molar-refractivity contribution in [2.75, 3.05) is 0 Å². The van der Waals surface area contributed by atoms with E-state index in [2.05, 4.69) is 12.6 Å². The molecule has 1 N–H and O–H groups in total. The van der Waals surface area contributed by atoms with Crippen LogP contribution in [0.2, 0.25) is 0 Å². The van der Waals surface area contributed by atoms with Crippen LogP contribution in [0.3, 0.4) is 0 Å². The Labute approximate surface area is 235 Å². The summed E-state index contributed by atoms with van der Waals surface area (Å²) in [4.78, 5) is 13.0. The first-order valence-corrected chi connectivity index (χ1v) is 14.2. The predicted octanol–water partition coefficient (Wildman–Crippen LogP) is 8.47. The Kier molecular flexibility index (Phi) is 6.43. The molecule has 0 amide bonds. The van der Waals surface area contributed by atoms with Gasteiger partial charge in [-0.25, -0.2) is 0 Å². The van der Waals surface area contributed by atoms with E-state index in [1.165, 1.54) is 6.92 Å². The third-order valence-corrected chi connectivity index (χ3v) is 10.6. The number of rotatable bonds is 3. The molecule has 2 aromatic rings. The lowest BCUT2D eigenvalue weighted by Crippen LogP contribution is -2.65. The molecule has 2 fully saturated rings. The minimum atomic E-state index is -5.86. The monoisotopic (exact) mass is 574 g/mol. The van der Waals surface area contributed by atoms with E-state index in [4.69, 9.17) is 0 Å². The minimum absolute atomic E-state index is 0.0237. The molecule has 8 heteroatoms. The van der Waals surface area contributed by atoms with Gasteiger partial charge in [0, 0.05) is 22.6 Å². The largest absolute Gasteiger partial charge is 0.456 e. The molecule has 0 bridgehead atoms. The molecule has 40 heavy (non-hydrogen) atoms. The standard InChI is InChI=1S/C32H31F5O2S/c1-29-17-26(20-4-2-18(3-5-20)19-6-10-23(40)11-7-19)28-24-13-9-22(38)16-21(24)8-12-25(28)27(29)14-15-30(29,39)31(33,34)32(35,36)37/h2-7,10-11,16,25-27,39-40H,8-9,12-15,17H2,1H3/t25-,26+,27-,29-,30-/m0/s1. The summed E-state index contributed by atoms with van der Waals surface area (Å²) in [6, 6.07) is 15.4. The maximum atomic E-state index is 15.1. The van der Waals surface area contributed by atoms with Gasteiger partial charge in [-0.15, -0.1) is 12.6 Å². The van der Waals surface area contributed by atoms with Crippen LogP contribution in [0.15, 0.2) is 76.2 Å². The van der Waals surface area contributed by atoms with Gasteiger partial charge in [-0.3, -0.25) is 4.79 Å². The maximum absolute atomic E-state index is 15.1. The molecule has 0 saturated heterocycles. The Bertz CT molecular complexity index is 1410. The number of carbonyl (C=O) groups is 1. The Morgan fingerprint density at radius 1 is 0.900 bits per heavy atom. The van der Waals surface area contributed by atoms with Crippen molar-refractivity contribution in [2.45, 2.75) is 80.4 Å². The van der Waals surface area contributed by atoms with Gasteiger partial charge in [0.2, 0.25) is 0 Å². The lowest BCUT2D eigenvalue weighted by Gasteiger charge is -2.56. The smallest absolute Gasteiger partial charge is 0.383 e. The van der Waals surface area contributed by atoms with Gasteiger partial charge in [-0.2, -0.15) is 22.0 Å². The van der Waals surface area contributed by atoms with E-state index >= 15 is 8.78 Å². The van der Waals surface area contributed by atoms with E-state index in [-0.39, 0.29) is 24.5 Å². The van der Waals surface area contributed by atoms with Crippen LogP contribution in [0.25, 0.3) is 11.1 Å². The lowest BCUT2D eigenvalue weighted by molar-refractivity contribution is -0.362. The highest BCUT2D eigenvalue weighted by Gasteiger charge is 2.79. The predicted molar refractivity (Wildman–Crippen MR) is 145 cm³/mol. The highest BCUT2D eigenvalue weighted by molar-refractivity contribution is 7.80.